The van der Waals surface area contributed by atoms with Crippen LogP contribution < -0.4 is 5.32 Å². The first-order chi connectivity index (χ1) is 9.78. The van der Waals surface area contributed by atoms with Gasteiger partial charge in [-0.1, -0.05) is 48.9 Å². The summed E-state index contributed by atoms with van der Waals surface area (Å²) >= 11 is 6.41. The predicted octanol–water partition coefficient (Wildman–Crippen LogP) is 5.00. The highest BCUT2D eigenvalue weighted by Gasteiger charge is 2.08. The number of para-hydroxylation sites is 1. The lowest BCUT2D eigenvalue weighted by atomic mass is 10.1. The number of aromatic amines is 1. The van der Waals surface area contributed by atoms with Crippen LogP contribution in [0, 0.1) is 0 Å². The molecule has 2 aromatic carbocycles. The third-order valence-electron chi connectivity index (χ3n) is 3.52. The summed E-state index contributed by atoms with van der Waals surface area (Å²) in [5.41, 5.74) is 4.56. The molecule has 1 aromatic heterocycles. The first-order valence-electron chi connectivity index (χ1n) is 6.86. The van der Waals surface area contributed by atoms with E-state index in [2.05, 4.69) is 41.5 Å². The third-order valence-corrected chi connectivity index (χ3v) is 3.95. The lowest BCUT2D eigenvalue weighted by molar-refractivity contribution is 1.08. The summed E-state index contributed by atoms with van der Waals surface area (Å²) < 4.78 is 0. The van der Waals surface area contributed by atoms with E-state index in [1.807, 2.05) is 24.3 Å². The molecule has 3 heteroatoms. The summed E-state index contributed by atoms with van der Waals surface area (Å²) in [6.07, 6.45) is 1.04. The van der Waals surface area contributed by atoms with Gasteiger partial charge in [-0.2, -0.15) is 0 Å². The third kappa shape index (κ3) is 2.52. The molecule has 0 aliphatic rings. The molecule has 0 spiro atoms. The molecule has 2 N–H and O–H groups in total. The van der Waals surface area contributed by atoms with Gasteiger partial charge in [-0.25, -0.2) is 0 Å². The molecular formula is C17H17ClN2. The van der Waals surface area contributed by atoms with Crippen LogP contribution in [0.1, 0.15) is 18.2 Å². The molecule has 0 unspecified atom stereocenters. The standard InChI is InChI=1S/C17H17ClN2/c1-2-12-6-5-7-13(10-12)19-11-16-17(18)14-8-3-4-9-15(14)20-16/h3-10,19-20H,2,11H2,1H3. The van der Waals surface area contributed by atoms with E-state index in [0.29, 0.717) is 6.54 Å². The quantitative estimate of drug-likeness (QED) is 0.693. The highest BCUT2D eigenvalue weighted by Crippen LogP contribution is 2.27. The van der Waals surface area contributed by atoms with E-state index in [1.54, 1.807) is 0 Å². The van der Waals surface area contributed by atoms with E-state index in [0.717, 1.165) is 33.7 Å². The number of halogens is 1. The second-order valence-electron chi connectivity index (χ2n) is 4.87. The van der Waals surface area contributed by atoms with Crippen molar-refractivity contribution in [1.29, 1.82) is 0 Å². The smallest absolute Gasteiger partial charge is 0.0710 e. The van der Waals surface area contributed by atoms with Crippen LogP contribution in [0.5, 0.6) is 0 Å². The molecule has 2 nitrogen and oxygen atoms in total. The Hall–Kier alpha value is -1.93. The number of nitrogens with one attached hydrogen (secondary N) is 2. The molecule has 20 heavy (non-hydrogen) atoms. The van der Waals surface area contributed by atoms with Crippen molar-refractivity contribution in [2.24, 2.45) is 0 Å². The van der Waals surface area contributed by atoms with Gasteiger partial charge >= 0.3 is 0 Å². The zero-order valence-corrected chi connectivity index (χ0v) is 12.2. The van der Waals surface area contributed by atoms with Gasteiger partial charge in [0.25, 0.3) is 0 Å². The molecule has 0 atom stereocenters. The molecule has 1 heterocycles. The van der Waals surface area contributed by atoms with E-state index >= 15 is 0 Å². The molecule has 3 aromatic rings. The summed E-state index contributed by atoms with van der Waals surface area (Å²) in [4.78, 5) is 3.37. The summed E-state index contributed by atoms with van der Waals surface area (Å²) in [5, 5.41) is 5.30. The number of aromatic nitrogens is 1. The minimum Gasteiger partial charge on any atom is -0.379 e. The van der Waals surface area contributed by atoms with Gasteiger partial charge in [0.15, 0.2) is 0 Å². The summed E-state index contributed by atoms with van der Waals surface area (Å²) in [7, 11) is 0. The van der Waals surface area contributed by atoms with Gasteiger partial charge in [0, 0.05) is 16.6 Å². The number of hydrogen-bond donors (Lipinski definition) is 2. The van der Waals surface area contributed by atoms with Crippen molar-refractivity contribution in [1.82, 2.24) is 4.98 Å². The van der Waals surface area contributed by atoms with E-state index in [-0.39, 0.29) is 0 Å². The molecule has 0 saturated carbocycles. The van der Waals surface area contributed by atoms with E-state index in [1.165, 1.54) is 5.56 Å². The normalized spacial score (nSPS) is 10.9. The minimum absolute atomic E-state index is 0.695. The van der Waals surface area contributed by atoms with E-state index in [4.69, 9.17) is 11.6 Å². The van der Waals surface area contributed by atoms with Gasteiger partial charge < -0.3 is 10.3 Å². The highest BCUT2D eigenvalue weighted by atomic mass is 35.5. The molecule has 0 aliphatic heterocycles. The van der Waals surface area contributed by atoms with Crippen molar-refractivity contribution in [3.63, 3.8) is 0 Å². The van der Waals surface area contributed by atoms with Crippen LogP contribution in [0.3, 0.4) is 0 Å². The summed E-state index contributed by atoms with van der Waals surface area (Å²) in [6.45, 7) is 2.86. The monoisotopic (exact) mass is 284 g/mol. The second kappa shape index (κ2) is 5.59. The Labute approximate surface area is 123 Å². The summed E-state index contributed by atoms with van der Waals surface area (Å²) in [5.74, 6) is 0. The maximum absolute atomic E-state index is 6.41. The Balaban J connectivity index is 1.81. The molecule has 0 radical (unpaired) electrons. The number of rotatable bonds is 4. The van der Waals surface area contributed by atoms with Crippen LogP contribution in [0.15, 0.2) is 48.5 Å². The summed E-state index contributed by atoms with van der Waals surface area (Å²) in [6, 6.07) is 16.6. The molecule has 0 fully saturated rings. The second-order valence-corrected chi connectivity index (χ2v) is 5.25. The van der Waals surface area contributed by atoms with Crippen molar-refractivity contribution in [2.75, 3.05) is 5.32 Å². The van der Waals surface area contributed by atoms with E-state index in [9.17, 15) is 0 Å². The molecule has 102 valence electrons. The number of aryl methyl sites for hydroxylation is 1. The van der Waals surface area contributed by atoms with Crippen molar-refractivity contribution in [3.05, 3.63) is 64.8 Å². The zero-order valence-electron chi connectivity index (χ0n) is 11.4. The number of fused-ring (bicyclic) bond motifs is 1. The topological polar surface area (TPSA) is 27.8 Å². The molecule has 0 aliphatic carbocycles. The number of hydrogen-bond acceptors (Lipinski definition) is 1. The van der Waals surface area contributed by atoms with Crippen LogP contribution in [0.25, 0.3) is 10.9 Å². The first-order valence-corrected chi connectivity index (χ1v) is 7.23. The predicted molar refractivity (Wildman–Crippen MR) is 86.5 cm³/mol. The fraction of sp³-hybridized carbons (Fsp3) is 0.176. The average Bonchev–Trinajstić information content (AvgIpc) is 2.82. The number of anilines is 1. The van der Waals surface area contributed by atoms with Crippen LogP contribution in [-0.2, 0) is 13.0 Å². The lowest BCUT2D eigenvalue weighted by Gasteiger charge is -2.07. The Bertz CT molecular complexity index is 731. The lowest BCUT2D eigenvalue weighted by Crippen LogP contribution is -2.00. The van der Waals surface area contributed by atoms with Crippen LogP contribution >= 0.6 is 11.6 Å². The van der Waals surface area contributed by atoms with Crippen LogP contribution in [0.4, 0.5) is 5.69 Å². The largest absolute Gasteiger partial charge is 0.379 e. The van der Waals surface area contributed by atoms with Gasteiger partial charge in [0.05, 0.1) is 17.3 Å². The van der Waals surface area contributed by atoms with Crippen LogP contribution in [-0.4, -0.2) is 4.98 Å². The maximum Gasteiger partial charge on any atom is 0.0710 e. The van der Waals surface area contributed by atoms with Gasteiger partial charge in [-0.15, -0.1) is 0 Å². The fourth-order valence-electron chi connectivity index (χ4n) is 2.38. The Kier molecular flexibility index (Phi) is 3.66. The molecule has 3 rings (SSSR count). The van der Waals surface area contributed by atoms with Crippen molar-refractivity contribution in [2.45, 2.75) is 19.9 Å². The Morgan fingerprint density at radius 1 is 1.10 bits per heavy atom. The molecular weight excluding hydrogens is 268 g/mol. The Morgan fingerprint density at radius 2 is 1.95 bits per heavy atom. The number of benzene rings is 2. The van der Waals surface area contributed by atoms with Crippen molar-refractivity contribution < 1.29 is 0 Å². The zero-order chi connectivity index (χ0) is 13.9. The van der Waals surface area contributed by atoms with E-state index < -0.39 is 0 Å². The fourth-order valence-corrected chi connectivity index (χ4v) is 2.66. The minimum atomic E-state index is 0.695. The molecule has 0 saturated heterocycles. The van der Waals surface area contributed by atoms with Gasteiger partial charge in [-0.3, -0.25) is 0 Å². The van der Waals surface area contributed by atoms with Crippen molar-refractivity contribution in [3.8, 4) is 0 Å². The molecule has 0 bridgehead atoms. The average molecular weight is 285 g/mol. The first kappa shape index (κ1) is 13.1. The van der Waals surface area contributed by atoms with Crippen LogP contribution in [0.2, 0.25) is 5.02 Å². The molecule has 0 amide bonds. The SMILES string of the molecule is CCc1cccc(NCc2[nH]c3ccccc3c2Cl)c1. The Morgan fingerprint density at radius 3 is 2.75 bits per heavy atom. The maximum atomic E-state index is 6.41. The van der Waals surface area contributed by atoms with Gasteiger partial charge in [-0.05, 0) is 30.2 Å². The number of H-pyrrole nitrogens is 1. The van der Waals surface area contributed by atoms with Gasteiger partial charge in [0.1, 0.15) is 0 Å². The highest BCUT2D eigenvalue weighted by molar-refractivity contribution is 6.36. The van der Waals surface area contributed by atoms with Gasteiger partial charge in [0.2, 0.25) is 0 Å². The van der Waals surface area contributed by atoms with Crippen molar-refractivity contribution >= 4 is 28.2 Å².